The van der Waals surface area contributed by atoms with Gasteiger partial charge in [0.2, 0.25) is 0 Å². The predicted molar refractivity (Wildman–Crippen MR) is 61.6 cm³/mol. The second kappa shape index (κ2) is 4.58. The molecule has 0 spiro atoms. The quantitative estimate of drug-likeness (QED) is 0.906. The Hall–Kier alpha value is -1.82. The van der Waals surface area contributed by atoms with E-state index in [4.69, 9.17) is 14.4 Å². The zero-order chi connectivity index (χ0) is 12.4. The Bertz CT molecular complexity index is 543. The fourth-order valence-corrected chi connectivity index (χ4v) is 2.18. The molecule has 17 heavy (non-hydrogen) atoms. The molecule has 2 aromatic heterocycles. The van der Waals surface area contributed by atoms with Crippen LogP contribution in [0.5, 0.6) is 5.75 Å². The molecular weight excluding hydrogens is 242 g/mol. The first-order valence-electron chi connectivity index (χ1n) is 4.95. The molecule has 0 bridgehead atoms. The average molecular weight is 253 g/mol. The number of hydrogen-bond acceptors (Lipinski definition) is 5. The minimum absolute atomic E-state index is 0.202. The minimum Gasteiger partial charge on any atom is -0.485 e. The molecule has 0 aliphatic carbocycles. The van der Waals surface area contributed by atoms with Crippen molar-refractivity contribution in [2.24, 2.45) is 0 Å². The number of rotatable bonds is 4. The number of ether oxygens (including phenoxy) is 1. The molecule has 1 N–H and O–H groups in total. The lowest BCUT2D eigenvalue weighted by Crippen LogP contribution is -2.00. The highest BCUT2D eigenvalue weighted by molar-refractivity contribution is 7.14. The Kier molecular flexibility index (Phi) is 3.14. The average Bonchev–Trinajstić information content (AvgIpc) is 2.82. The van der Waals surface area contributed by atoms with Crippen LogP contribution in [-0.2, 0) is 6.61 Å². The van der Waals surface area contributed by atoms with Gasteiger partial charge in [0.25, 0.3) is 0 Å². The molecule has 90 valence electrons. The number of aryl methyl sites for hydroxylation is 2. The summed E-state index contributed by atoms with van der Waals surface area (Å²) in [6, 6.07) is 3.46. The number of hydrogen-bond donors (Lipinski definition) is 1. The monoisotopic (exact) mass is 253 g/mol. The van der Waals surface area contributed by atoms with Gasteiger partial charge in [-0.1, -0.05) is 5.16 Å². The van der Waals surface area contributed by atoms with Gasteiger partial charge in [-0.05, 0) is 19.9 Å². The van der Waals surface area contributed by atoms with Crippen molar-refractivity contribution in [3.05, 3.63) is 33.3 Å². The zero-order valence-corrected chi connectivity index (χ0v) is 10.2. The summed E-state index contributed by atoms with van der Waals surface area (Å²) in [5.74, 6) is 0.0960. The van der Waals surface area contributed by atoms with Crippen molar-refractivity contribution in [1.29, 1.82) is 0 Å². The van der Waals surface area contributed by atoms with Crippen LogP contribution in [0.4, 0.5) is 0 Å². The molecule has 0 saturated carbocycles. The Morgan fingerprint density at radius 1 is 1.53 bits per heavy atom. The van der Waals surface area contributed by atoms with Crippen molar-refractivity contribution < 1.29 is 19.2 Å². The third-order valence-electron chi connectivity index (χ3n) is 2.07. The Balaban J connectivity index is 2.11. The van der Waals surface area contributed by atoms with E-state index in [0.717, 1.165) is 4.88 Å². The van der Waals surface area contributed by atoms with Gasteiger partial charge in [-0.15, -0.1) is 11.3 Å². The van der Waals surface area contributed by atoms with E-state index in [2.05, 4.69) is 5.16 Å². The second-order valence-corrected chi connectivity index (χ2v) is 4.83. The number of carboxylic acid groups (broad SMARTS) is 1. The second-order valence-electron chi connectivity index (χ2n) is 3.57. The van der Waals surface area contributed by atoms with E-state index in [1.165, 1.54) is 11.3 Å². The molecular formula is C11H11NO4S. The fourth-order valence-electron chi connectivity index (χ4n) is 1.38. The maximum atomic E-state index is 10.9. The molecule has 0 saturated heterocycles. The summed E-state index contributed by atoms with van der Waals surface area (Å²) in [7, 11) is 0. The highest BCUT2D eigenvalue weighted by Crippen LogP contribution is 2.29. The first kappa shape index (κ1) is 11.7. The van der Waals surface area contributed by atoms with E-state index in [0.29, 0.717) is 17.2 Å². The topological polar surface area (TPSA) is 72.6 Å². The zero-order valence-electron chi connectivity index (χ0n) is 9.39. The molecule has 0 unspecified atom stereocenters. The van der Waals surface area contributed by atoms with Crippen molar-refractivity contribution in [3.8, 4) is 5.75 Å². The minimum atomic E-state index is -0.977. The van der Waals surface area contributed by atoms with Gasteiger partial charge in [-0.3, -0.25) is 0 Å². The highest BCUT2D eigenvalue weighted by Gasteiger charge is 2.15. The van der Waals surface area contributed by atoms with E-state index in [9.17, 15) is 4.79 Å². The van der Waals surface area contributed by atoms with Crippen LogP contribution in [0, 0.1) is 13.8 Å². The molecule has 0 fully saturated rings. The molecule has 0 atom stereocenters. The SMILES string of the molecule is Cc1cc(COc2cc(C)sc2C(=O)O)no1. The normalized spacial score (nSPS) is 10.5. The first-order chi connectivity index (χ1) is 8.06. The standard InChI is InChI=1S/C11H11NO4S/c1-6-3-8(12-16-6)5-15-9-4-7(2)17-10(9)11(13)14/h3-4H,5H2,1-2H3,(H,13,14). The van der Waals surface area contributed by atoms with Gasteiger partial charge in [-0.25, -0.2) is 4.79 Å². The van der Waals surface area contributed by atoms with Gasteiger partial charge >= 0.3 is 5.97 Å². The summed E-state index contributed by atoms with van der Waals surface area (Å²) in [5, 5.41) is 12.7. The van der Waals surface area contributed by atoms with Crippen molar-refractivity contribution in [2.75, 3.05) is 0 Å². The first-order valence-corrected chi connectivity index (χ1v) is 5.76. The number of aromatic carboxylic acids is 1. The highest BCUT2D eigenvalue weighted by atomic mass is 32.1. The van der Waals surface area contributed by atoms with E-state index >= 15 is 0 Å². The van der Waals surface area contributed by atoms with Crippen molar-refractivity contribution >= 4 is 17.3 Å². The van der Waals surface area contributed by atoms with E-state index in [1.54, 1.807) is 19.1 Å². The van der Waals surface area contributed by atoms with E-state index < -0.39 is 5.97 Å². The van der Waals surface area contributed by atoms with Crippen molar-refractivity contribution in [2.45, 2.75) is 20.5 Å². The van der Waals surface area contributed by atoms with Crippen LogP contribution in [0.1, 0.15) is 26.0 Å². The van der Waals surface area contributed by atoms with Crippen LogP contribution in [0.25, 0.3) is 0 Å². The Labute approximate surface area is 102 Å². The van der Waals surface area contributed by atoms with Crippen LogP contribution in [0.15, 0.2) is 16.7 Å². The third-order valence-corrected chi connectivity index (χ3v) is 3.09. The number of carboxylic acids is 1. The van der Waals surface area contributed by atoms with Gasteiger partial charge in [0, 0.05) is 10.9 Å². The number of nitrogens with zero attached hydrogens (tertiary/aromatic N) is 1. The number of thiophene rings is 1. The summed E-state index contributed by atoms with van der Waals surface area (Å²) in [5.41, 5.74) is 0.641. The Morgan fingerprint density at radius 2 is 2.29 bits per heavy atom. The molecule has 2 rings (SSSR count). The third kappa shape index (κ3) is 2.65. The molecule has 0 radical (unpaired) electrons. The molecule has 0 aromatic carbocycles. The summed E-state index contributed by atoms with van der Waals surface area (Å²) in [6.45, 7) is 3.83. The van der Waals surface area contributed by atoms with Gasteiger partial charge in [0.1, 0.15) is 23.8 Å². The Morgan fingerprint density at radius 3 is 2.88 bits per heavy atom. The summed E-state index contributed by atoms with van der Waals surface area (Å²) in [4.78, 5) is 12.1. The summed E-state index contributed by atoms with van der Waals surface area (Å²) in [6.07, 6.45) is 0. The van der Waals surface area contributed by atoms with Crippen LogP contribution in [0.3, 0.4) is 0 Å². The van der Waals surface area contributed by atoms with Crippen LogP contribution >= 0.6 is 11.3 Å². The predicted octanol–water partition coefficient (Wildman–Crippen LogP) is 2.63. The lowest BCUT2D eigenvalue weighted by Gasteiger charge is -2.01. The lowest BCUT2D eigenvalue weighted by molar-refractivity contribution is 0.0697. The fraction of sp³-hybridized carbons (Fsp3) is 0.273. The maximum absolute atomic E-state index is 10.9. The van der Waals surface area contributed by atoms with Crippen LogP contribution in [-0.4, -0.2) is 16.2 Å². The number of aromatic nitrogens is 1. The van der Waals surface area contributed by atoms with Gasteiger partial charge in [0.15, 0.2) is 4.88 Å². The maximum Gasteiger partial charge on any atom is 0.349 e. The lowest BCUT2D eigenvalue weighted by atomic mass is 10.4. The molecule has 5 nitrogen and oxygen atoms in total. The number of carbonyl (C=O) groups is 1. The van der Waals surface area contributed by atoms with Gasteiger partial charge < -0.3 is 14.4 Å². The molecule has 0 aliphatic rings. The van der Waals surface area contributed by atoms with Gasteiger partial charge in [-0.2, -0.15) is 0 Å². The molecule has 0 aliphatic heterocycles. The van der Waals surface area contributed by atoms with Crippen LogP contribution in [0.2, 0.25) is 0 Å². The molecule has 2 heterocycles. The summed E-state index contributed by atoms with van der Waals surface area (Å²) < 4.78 is 10.3. The van der Waals surface area contributed by atoms with E-state index in [-0.39, 0.29) is 11.5 Å². The van der Waals surface area contributed by atoms with Gasteiger partial charge in [0.05, 0.1) is 0 Å². The van der Waals surface area contributed by atoms with Crippen LogP contribution < -0.4 is 4.74 Å². The molecule has 0 amide bonds. The largest absolute Gasteiger partial charge is 0.485 e. The summed E-state index contributed by atoms with van der Waals surface area (Å²) >= 11 is 1.19. The molecule has 2 aromatic rings. The van der Waals surface area contributed by atoms with E-state index in [1.807, 2.05) is 6.92 Å². The van der Waals surface area contributed by atoms with Crippen molar-refractivity contribution in [1.82, 2.24) is 5.16 Å². The molecule has 6 heteroatoms. The van der Waals surface area contributed by atoms with Crippen molar-refractivity contribution in [3.63, 3.8) is 0 Å². The smallest absolute Gasteiger partial charge is 0.349 e.